The van der Waals surface area contributed by atoms with E-state index in [0.29, 0.717) is 18.8 Å². The van der Waals surface area contributed by atoms with Crippen LogP contribution in [-0.4, -0.2) is 32.1 Å². The minimum Gasteiger partial charge on any atom is -0.393 e. The monoisotopic (exact) mass is 290 g/mol. The average Bonchev–Trinajstić information content (AvgIpc) is 2.84. The average molecular weight is 290 g/mol. The molecule has 21 heavy (non-hydrogen) atoms. The molecule has 0 unspecified atom stereocenters. The minimum atomic E-state index is -0.621. The van der Waals surface area contributed by atoms with Crippen molar-refractivity contribution in [1.82, 2.24) is 20.1 Å². The number of hydrogen-bond acceptors (Lipinski definition) is 6. The molecule has 0 fully saturated rings. The fourth-order valence-electron chi connectivity index (χ4n) is 1.73. The van der Waals surface area contributed by atoms with Gasteiger partial charge in [0.15, 0.2) is 5.82 Å². The second-order valence-electron chi connectivity index (χ2n) is 4.37. The number of carbonyl (C=O) groups is 1. The van der Waals surface area contributed by atoms with E-state index >= 15 is 0 Å². The van der Waals surface area contributed by atoms with Crippen molar-refractivity contribution in [2.24, 2.45) is 7.05 Å². The molecule has 9 nitrogen and oxygen atoms in total. The lowest BCUT2D eigenvalue weighted by atomic mass is 10.1. The molecule has 1 heterocycles. The Labute approximate surface area is 119 Å². The van der Waals surface area contributed by atoms with Crippen LogP contribution in [0.3, 0.4) is 0 Å². The van der Waals surface area contributed by atoms with Gasteiger partial charge >= 0.3 is 0 Å². The first-order chi connectivity index (χ1) is 9.97. The Morgan fingerprint density at radius 1 is 1.52 bits per heavy atom. The Kier molecular flexibility index (Phi) is 4.12. The molecule has 0 aliphatic rings. The number of nitrogens with one attached hydrogen (secondary N) is 1. The highest BCUT2D eigenvalue weighted by atomic mass is 16.6. The number of aryl methyl sites for hydroxylation is 1. The number of nitro benzene ring substituents is 1. The summed E-state index contributed by atoms with van der Waals surface area (Å²) in [5.74, 6) is 0.204. The van der Waals surface area contributed by atoms with Gasteiger partial charge in [-0.1, -0.05) is 0 Å². The lowest BCUT2D eigenvalue weighted by molar-refractivity contribution is -0.383. The predicted octanol–water partition coefficient (Wildman–Crippen LogP) is 0.278. The van der Waals surface area contributed by atoms with Crippen LogP contribution in [0.5, 0.6) is 0 Å². The molecule has 2 rings (SSSR count). The molecule has 1 amide bonds. The maximum absolute atomic E-state index is 11.9. The Balaban J connectivity index is 1.97. The van der Waals surface area contributed by atoms with Crippen molar-refractivity contribution in [2.75, 3.05) is 12.3 Å². The van der Waals surface area contributed by atoms with Crippen molar-refractivity contribution in [2.45, 2.75) is 6.42 Å². The summed E-state index contributed by atoms with van der Waals surface area (Å²) in [6.07, 6.45) is 2.05. The fraction of sp³-hybridized carbons (Fsp3) is 0.250. The van der Waals surface area contributed by atoms with Gasteiger partial charge in [0, 0.05) is 31.6 Å². The zero-order valence-corrected chi connectivity index (χ0v) is 11.3. The molecule has 0 saturated heterocycles. The molecule has 110 valence electrons. The van der Waals surface area contributed by atoms with E-state index in [1.807, 2.05) is 0 Å². The molecule has 0 saturated carbocycles. The Morgan fingerprint density at radius 2 is 2.29 bits per heavy atom. The Hall–Kier alpha value is -2.97. The number of nitrogens with two attached hydrogens (primary N) is 1. The molecule has 0 aliphatic carbocycles. The largest absolute Gasteiger partial charge is 0.393 e. The van der Waals surface area contributed by atoms with Gasteiger partial charge in [-0.2, -0.15) is 5.10 Å². The zero-order valence-electron chi connectivity index (χ0n) is 11.3. The minimum absolute atomic E-state index is 0.0224. The van der Waals surface area contributed by atoms with Crippen molar-refractivity contribution < 1.29 is 9.72 Å². The third-order valence-corrected chi connectivity index (χ3v) is 2.77. The van der Waals surface area contributed by atoms with Gasteiger partial charge in [0.05, 0.1) is 4.92 Å². The second kappa shape index (κ2) is 5.99. The van der Waals surface area contributed by atoms with Gasteiger partial charge in [0.1, 0.15) is 12.0 Å². The SMILES string of the molecule is Cn1cnc(CCNC(=O)c2ccc(N)c([N+](=O)[O-])c2)n1. The van der Waals surface area contributed by atoms with Crippen LogP contribution in [0.4, 0.5) is 11.4 Å². The van der Waals surface area contributed by atoms with Crippen molar-refractivity contribution in [3.05, 3.63) is 46.0 Å². The number of amides is 1. The first kappa shape index (κ1) is 14.4. The van der Waals surface area contributed by atoms with Crippen LogP contribution >= 0.6 is 0 Å². The van der Waals surface area contributed by atoms with Crippen LogP contribution in [0.2, 0.25) is 0 Å². The van der Waals surface area contributed by atoms with E-state index < -0.39 is 10.8 Å². The van der Waals surface area contributed by atoms with Gasteiger partial charge in [-0.05, 0) is 12.1 Å². The number of nitrogen functional groups attached to an aromatic ring is 1. The summed E-state index contributed by atoms with van der Waals surface area (Å²) >= 11 is 0. The smallest absolute Gasteiger partial charge is 0.292 e. The first-order valence-corrected chi connectivity index (χ1v) is 6.14. The molecule has 0 bridgehead atoms. The van der Waals surface area contributed by atoms with Gasteiger partial charge in [-0.15, -0.1) is 0 Å². The van der Waals surface area contributed by atoms with Crippen molar-refractivity contribution in [3.8, 4) is 0 Å². The summed E-state index contributed by atoms with van der Waals surface area (Å²) in [7, 11) is 1.75. The van der Waals surface area contributed by atoms with E-state index in [9.17, 15) is 14.9 Å². The topological polar surface area (TPSA) is 129 Å². The highest BCUT2D eigenvalue weighted by Crippen LogP contribution is 2.22. The molecule has 0 spiro atoms. The standard InChI is InChI=1S/C12H14N6O3/c1-17-7-15-11(16-17)4-5-14-12(19)8-2-3-9(13)10(6-8)18(20)21/h2-3,6-7H,4-5,13H2,1H3,(H,14,19). The summed E-state index contributed by atoms with van der Waals surface area (Å²) in [4.78, 5) is 26.1. The van der Waals surface area contributed by atoms with E-state index in [1.54, 1.807) is 18.1 Å². The number of carbonyl (C=O) groups excluding carboxylic acids is 1. The Bertz CT molecular complexity index is 681. The molecule has 1 aromatic carbocycles. The van der Waals surface area contributed by atoms with Gasteiger partial charge < -0.3 is 11.1 Å². The summed E-state index contributed by atoms with van der Waals surface area (Å²) in [6.45, 7) is 0.334. The summed E-state index contributed by atoms with van der Waals surface area (Å²) in [5, 5.41) is 17.5. The number of hydrogen-bond donors (Lipinski definition) is 2. The quantitative estimate of drug-likeness (QED) is 0.462. The molecule has 1 aromatic heterocycles. The third kappa shape index (κ3) is 3.53. The third-order valence-electron chi connectivity index (χ3n) is 2.77. The van der Waals surface area contributed by atoms with E-state index in [-0.39, 0.29) is 16.9 Å². The number of nitrogens with zero attached hydrogens (tertiary/aromatic N) is 4. The van der Waals surface area contributed by atoms with Gasteiger partial charge in [-0.25, -0.2) is 4.98 Å². The second-order valence-corrected chi connectivity index (χ2v) is 4.37. The summed E-state index contributed by atoms with van der Waals surface area (Å²) in [5.41, 5.74) is 5.40. The van der Waals surface area contributed by atoms with E-state index in [2.05, 4.69) is 15.4 Å². The van der Waals surface area contributed by atoms with E-state index in [1.165, 1.54) is 12.1 Å². The van der Waals surface area contributed by atoms with Gasteiger partial charge in [0.2, 0.25) is 0 Å². The lowest BCUT2D eigenvalue weighted by Crippen LogP contribution is -2.26. The number of rotatable bonds is 5. The fourth-order valence-corrected chi connectivity index (χ4v) is 1.73. The van der Waals surface area contributed by atoms with Gasteiger partial charge in [-0.3, -0.25) is 19.6 Å². The van der Waals surface area contributed by atoms with Crippen molar-refractivity contribution in [1.29, 1.82) is 0 Å². The number of benzene rings is 1. The highest BCUT2D eigenvalue weighted by Gasteiger charge is 2.15. The molecule has 3 N–H and O–H groups in total. The zero-order chi connectivity index (χ0) is 15.4. The summed E-state index contributed by atoms with van der Waals surface area (Å²) in [6, 6.07) is 3.94. The number of nitro groups is 1. The molecule has 2 aromatic rings. The predicted molar refractivity (Wildman–Crippen MR) is 74.5 cm³/mol. The van der Waals surface area contributed by atoms with Crippen molar-refractivity contribution >= 4 is 17.3 Å². The van der Waals surface area contributed by atoms with Gasteiger partial charge in [0.25, 0.3) is 11.6 Å². The number of aromatic nitrogens is 3. The van der Waals surface area contributed by atoms with Crippen LogP contribution in [0, 0.1) is 10.1 Å². The van der Waals surface area contributed by atoms with Crippen LogP contribution in [0.25, 0.3) is 0 Å². The van der Waals surface area contributed by atoms with Crippen LogP contribution in [0.1, 0.15) is 16.2 Å². The van der Waals surface area contributed by atoms with Crippen molar-refractivity contribution in [3.63, 3.8) is 0 Å². The molecule has 0 radical (unpaired) electrons. The van der Waals surface area contributed by atoms with Crippen LogP contribution < -0.4 is 11.1 Å². The Morgan fingerprint density at radius 3 is 2.90 bits per heavy atom. The van der Waals surface area contributed by atoms with Crippen LogP contribution in [-0.2, 0) is 13.5 Å². The van der Waals surface area contributed by atoms with E-state index in [0.717, 1.165) is 6.07 Å². The molecule has 9 heteroatoms. The number of anilines is 1. The molecule has 0 atom stereocenters. The highest BCUT2D eigenvalue weighted by molar-refractivity contribution is 5.95. The van der Waals surface area contributed by atoms with E-state index in [4.69, 9.17) is 5.73 Å². The normalized spacial score (nSPS) is 10.3. The first-order valence-electron chi connectivity index (χ1n) is 6.14. The molecular formula is C12H14N6O3. The molecule has 0 aliphatic heterocycles. The maximum Gasteiger partial charge on any atom is 0.292 e. The van der Waals surface area contributed by atoms with Crippen LogP contribution in [0.15, 0.2) is 24.5 Å². The maximum atomic E-state index is 11.9. The molecular weight excluding hydrogens is 276 g/mol. The lowest BCUT2D eigenvalue weighted by Gasteiger charge is -2.04. The summed E-state index contributed by atoms with van der Waals surface area (Å²) < 4.78 is 1.57.